The van der Waals surface area contributed by atoms with Crippen LogP contribution in [0.4, 0.5) is 0 Å². The van der Waals surface area contributed by atoms with E-state index >= 15 is 0 Å². The Kier molecular flexibility index (Phi) is 6.06. The molecule has 0 radical (unpaired) electrons. The van der Waals surface area contributed by atoms with Crippen LogP contribution in [0.2, 0.25) is 0 Å². The van der Waals surface area contributed by atoms with Gasteiger partial charge in [0.15, 0.2) is 0 Å². The van der Waals surface area contributed by atoms with Crippen molar-refractivity contribution >= 4 is 39.1 Å². The summed E-state index contributed by atoms with van der Waals surface area (Å²) >= 11 is 2.88. The fourth-order valence-electron chi connectivity index (χ4n) is 3.07. The van der Waals surface area contributed by atoms with Crippen LogP contribution < -0.4 is 0 Å². The Morgan fingerprint density at radius 1 is 1.23 bits per heavy atom. The second kappa shape index (κ2) is 8.12. The normalized spacial score (nSPS) is 19.1. The molecule has 1 unspecified atom stereocenters. The Bertz CT molecular complexity index is 891. The maximum atomic E-state index is 13.1. The summed E-state index contributed by atoms with van der Waals surface area (Å²) in [5.74, 6) is 0.108. The second-order valence-electron chi connectivity index (χ2n) is 6.01. The number of esters is 1. The highest BCUT2D eigenvalue weighted by molar-refractivity contribution is 7.99. The van der Waals surface area contributed by atoms with Crippen molar-refractivity contribution in [2.75, 3.05) is 26.0 Å². The maximum Gasteiger partial charge on any atom is 0.349 e. The summed E-state index contributed by atoms with van der Waals surface area (Å²) in [6.45, 7) is 2.96. The third-order valence-electron chi connectivity index (χ3n) is 4.45. The van der Waals surface area contributed by atoms with E-state index in [1.807, 2.05) is 12.1 Å². The Labute approximate surface area is 162 Å². The van der Waals surface area contributed by atoms with E-state index in [1.54, 1.807) is 17.1 Å². The molecular formula is C18H21NO4S3. The first-order chi connectivity index (χ1) is 12.4. The van der Waals surface area contributed by atoms with E-state index in [-0.39, 0.29) is 15.0 Å². The van der Waals surface area contributed by atoms with Gasteiger partial charge in [-0.1, -0.05) is 24.3 Å². The van der Waals surface area contributed by atoms with Crippen molar-refractivity contribution in [3.63, 3.8) is 0 Å². The van der Waals surface area contributed by atoms with Crippen LogP contribution in [0.1, 0.15) is 32.5 Å². The minimum absolute atomic E-state index is 0.0497. The van der Waals surface area contributed by atoms with Crippen LogP contribution in [0, 0.1) is 6.92 Å². The fourth-order valence-corrected chi connectivity index (χ4v) is 7.27. The molecular weight excluding hydrogens is 390 g/mol. The minimum atomic E-state index is -3.71. The molecule has 0 bridgehead atoms. The van der Waals surface area contributed by atoms with Crippen molar-refractivity contribution in [3.05, 3.63) is 51.7 Å². The number of ether oxygens (including phenoxy) is 1. The van der Waals surface area contributed by atoms with Gasteiger partial charge in [0.25, 0.3) is 0 Å². The average molecular weight is 412 g/mol. The van der Waals surface area contributed by atoms with Crippen LogP contribution in [0.3, 0.4) is 0 Å². The van der Waals surface area contributed by atoms with Crippen LogP contribution in [0.5, 0.6) is 0 Å². The first kappa shape index (κ1) is 19.4. The van der Waals surface area contributed by atoms with Gasteiger partial charge in [-0.05, 0) is 35.9 Å². The number of thiophene rings is 1. The van der Waals surface area contributed by atoms with Crippen molar-refractivity contribution in [2.24, 2.45) is 0 Å². The molecule has 0 aliphatic carbocycles. The number of benzene rings is 1. The van der Waals surface area contributed by atoms with Crippen molar-refractivity contribution < 1.29 is 17.9 Å². The molecule has 0 saturated carbocycles. The molecule has 26 heavy (non-hydrogen) atoms. The molecule has 1 aromatic carbocycles. The van der Waals surface area contributed by atoms with Crippen LogP contribution >= 0.6 is 23.1 Å². The molecule has 5 nitrogen and oxygen atoms in total. The topological polar surface area (TPSA) is 63.7 Å². The lowest BCUT2D eigenvalue weighted by molar-refractivity contribution is 0.0602. The van der Waals surface area contributed by atoms with Gasteiger partial charge in [0, 0.05) is 24.1 Å². The predicted molar refractivity (Wildman–Crippen MR) is 105 cm³/mol. The smallest absolute Gasteiger partial charge is 0.349 e. The lowest BCUT2D eigenvalue weighted by Gasteiger charge is -2.20. The standard InChI is InChI=1S/C18H21NO4S3/c1-13-5-3-4-6-14(13)15-7-9-19(10-12-24-15)26(21,22)16-8-11-25-17(16)18(20)23-2/h3-6,8,11,15H,7,9-10,12H2,1-2H3. The lowest BCUT2D eigenvalue weighted by atomic mass is 10.0. The van der Waals surface area contributed by atoms with E-state index < -0.39 is 16.0 Å². The zero-order valence-corrected chi connectivity index (χ0v) is 17.1. The Hall–Kier alpha value is -1.35. The van der Waals surface area contributed by atoms with Crippen molar-refractivity contribution in [1.82, 2.24) is 4.31 Å². The highest BCUT2D eigenvalue weighted by atomic mass is 32.2. The van der Waals surface area contributed by atoms with Gasteiger partial charge in [0.1, 0.15) is 9.77 Å². The number of carbonyl (C=O) groups is 1. The third-order valence-corrected chi connectivity index (χ3v) is 8.73. The summed E-state index contributed by atoms with van der Waals surface area (Å²) in [7, 11) is -2.46. The molecule has 1 aliphatic rings. The number of hydrogen-bond acceptors (Lipinski definition) is 6. The van der Waals surface area contributed by atoms with Crippen molar-refractivity contribution in [1.29, 1.82) is 0 Å². The van der Waals surface area contributed by atoms with Gasteiger partial charge < -0.3 is 4.74 Å². The van der Waals surface area contributed by atoms with Gasteiger partial charge in [0.05, 0.1) is 7.11 Å². The number of carbonyl (C=O) groups excluding carboxylic acids is 1. The maximum absolute atomic E-state index is 13.1. The molecule has 0 amide bonds. The van der Waals surface area contributed by atoms with E-state index in [4.69, 9.17) is 4.74 Å². The SMILES string of the molecule is COC(=O)c1sccc1S(=O)(=O)N1CCSC(c2ccccc2C)CC1. The lowest BCUT2D eigenvalue weighted by Crippen LogP contribution is -2.33. The molecule has 2 heterocycles. The van der Waals surface area contributed by atoms with Crippen LogP contribution in [0.25, 0.3) is 0 Å². The molecule has 2 aromatic rings. The Morgan fingerprint density at radius 2 is 2.00 bits per heavy atom. The zero-order valence-electron chi connectivity index (χ0n) is 14.7. The van der Waals surface area contributed by atoms with E-state index in [2.05, 4.69) is 19.1 Å². The van der Waals surface area contributed by atoms with E-state index in [9.17, 15) is 13.2 Å². The Balaban J connectivity index is 1.82. The average Bonchev–Trinajstić information content (AvgIpc) is 3.00. The summed E-state index contributed by atoms with van der Waals surface area (Å²) in [6, 6.07) is 9.73. The van der Waals surface area contributed by atoms with Gasteiger partial charge in [-0.25, -0.2) is 13.2 Å². The van der Waals surface area contributed by atoms with Gasteiger partial charge >= 0.3 is 5.97 Å². The number of aryl methyl sites for hydroxylation is 1. The first-order valence-corrected chi connectivity index (χ1v) is 11.6. The van der Waals surface area contributed by atoms with Gasteiger partial charge in [-0.2, -0.15) is 16.1 Å². The second-order valence-corrected chi connectivity index (χ2v) is 10.1. The van der Waals surface area contributed by atoms with E-state index in [1.165, 1.54) is 28.6 Å². The van der Waals surface area contributed by atoms with Crippen molar-refractivity contribution in [3.8, 4) is 0 Å². The van der Waals surface area contributed by atoms with Crippen LogP contribution in [0.15, 0.2) is 40.6 Å². The summed E-state index contributed by atoms with van der Waals surface area (Å²) in [5, 5.41) is 1.89. The molecule has 1 aliphatic heterocycles. The summed E-state index contributed by atoms with van der Waals surface area (Å²) in [4.78, 5) is 12.1. The molecule has 8 heteroatoms. The number of thioether (sulfide) groups is 1. The van der Waals surface area contributed by atoms with E-state index in [0.717, 1.165) is 23.5 Å². The monoisotopic (exact) mass is 411 g/mol. The van der Waals surface area contributed by atoms with Crippen LogP contribution in [-0.2, 0) is 14.8 Å². The highest BCUT2D eigenvalue weighted by Gasteiger charge is 2.32. The molecule has 1 fully saturated rings. The van der Waals surface area contributed by atoms with Gasteiger partial charge in [-0.3, -0.25) is 0 Å². The highest BCUT2D eigenvalue weighted by Crippen LogP contribution is 2.37. The predicted octanol–water partition coefficient (Wildman–Crippen LogP) is 3.71. The first-order valence-electron chi connectivity index (χ1n) is 8.28. The largest absolute Gasteiger partial charge is 0.465 e. The molecule has 140 valence electrons. The van der Waals surface area contributed by atoms with Crippen molar-refractivity contribution in [2.45, 2.75) is 23.5 Å². The summed E-state index contributed by atoms with van der Waals surface area (Å²) in [5.41, 5.74) is 2.50. The number of methoxy groups -OCH3 is 1. The molecule has 1 atom stereocenters. The summed E-state index contributed by atoms with van der Waals surface area (Å²) in [6.07, 6.45) is 0.743. The van der Waals surface area contributed by atoms with Crippen LogP contribution in [-0.4, -0.2) is 44.6 Å². The molecule has 1 saturated heterocycles. The molecule has 0 spiro atoms. The number of hydrogen-bond donors (Lipinski definition) is 0. The number of nitrogens with zero attached hydrogens (tertiary/aromatic N) is 1. The zero-order chi connectivity index (χ0) is 18.7. The fraction of sp³-hybridized carbons (Fsp3) is 0.389. The Morgan fingerprint density at radius 3 is 2.73 bits per heavy atom. The molecule has 0 N–H and O–H groups in total. The number of rotatable bonds is 4. The molecule has 1 aromatic heterocycles. The van der Waals surface area contributed by atoms with Gasteiger partial charge in [0.2, 0.25) is 10.0 Å². The quantitative estimate of drug-likeness (QED) is 0.718. The van der Waals surface area contributed by atoms with Gasteiger partial charge in [-0.15, -0.1) is 11.3 Å². The third kappa shape index (κ3) is 3.83. The molecule has 3 rings (SSSR count). The number of sulfonamides is 1. The summed E-state index contributed by atoms with van der Waals surface area (Å²) < 4.78 is 32.3. The minimum Gasteiger partial charge on any atom is -0.465 e. The van der Waals surface area contributed by atoms with E-state index in [0.29, 0.717) is 13.1 Å².